The van der Waals surface area contributed by atoms with Crippen molar-refractivity contribution in [3.8, 4) is 5.75 Å². The number of carbonyl (C=O) groups is 1. The fourth-order valence-corrected chi connectivity index (χ4v) is 2.63. The molecule has 29 heavy (non-hydrogen) atoms. The third-order valence-corrected chi connectivity index (χ3v) is 4.09. The van der Waals surface area contributed by atoms with Gasteiger partial charge in [-0.2, -0.15) is 4.73 Å². The van der Waals surface area contributed by atoms with Crippen molar-refractivity contribution in [1.82, 2.24) is 4.73 Å². The molecule has 3 aromatic rings. The summed E-state index contributed by atoms with van der Waals surface area (Å²) in [6, 6.07) is 18.3. The van der Waals surface area contributed by atoms with E-state index < -0.39 is 4.92 Å². The van der Waals surface area contributed by atoms with Crippen LogP contribution in [0.2, 0.25) is 0 Å². The third kappa shape index (κ3) is 5.29. The number of aromatic nitrogens is 1. The molecule has 1 aromatic heterocycles. The van der Waals surface area contributed by atoms with E-state index in [1.807, 2.05) is 18.2 Å². The molecule has 0 aliphatic carbocycles. The fourth-order valence-electron chi connectivity index (χ4n) is 2.63. The van der Waals surface area contributed by atoms with Gasteiger partial charge in [0.15, 0.2) is 11.3 Å². The van der Waals surface area contributed by atoms with E-state index in [2.05, 4.69) is 4.99 Å². The SMILES string of the molecule is O=C(c1ccccc1)c1cccc(OCCCN=c2cc([N+](=O)[O-])ccn2O)c1. The predicted molar refractivity (Wildman–Crippen MR) is 105 cm³/mol. The van der Waals surface area contributed by atoms with Crippen LogP contribution in [0.25, 0.3) is 0 Å². The van der Waals surface area contributed by atoms with Crippen LogP contribution in [0.5, 0.6) is 5.75 Å². The molecule has 8 heteroatoms. The summed E-state index contributed by atoms with van der Waals surface area (Å²) in [5.74, 6) is 0.489. The Morgan fingerprint density at radius 3 is 2.59 bits per heavy atom. The lowest BCUT2D eigenvalue weighted by atomic mass is 10.0. The molecular weight excluding hydrogens is 374 g/mol. The first-order chi connectivity index (χ1) is 14.0. The van der Waals surface area contributed by atoms with Crippen molar-refractivity contribution in [2.24, 2.45) is 4.99 Å². The number of rotatable bonds is 8. The monoisotopic (exact) mass is 393 g/mol. The smallest absolute Gasteiger partial charge is 0.274 e. The maximum atomic E-state index is 12.5. The number of carbonyl (C=O) groups excluding carboxylic acids is 1. The van der Waals surface area contributed by atoms with Crippen molar-refractivity contribution < 1.29 is 19.7 Å². The van der Waals surface area contributed by atoms with Gasteiger partial charge < -0.3 is 9.94 Å². The zero-order valence-corrected chi connectivity index (χ0v) is 15.5. The van der Waals surface area contributed by atoms with Crippen molar-refractivity contribution in [3.63, 3.8) is 0 Å². The van der Waals surface area contributed by atoms with E-state index >= 15 is 0 Å². The molecule has 0 radical (unpaired) electrons. The van der Waals surface area contributed by atoms with Crippen LogP contribution in [0.3, 0.4) is 0 Å². The molecule has 8 nitrogen and oxygen atoms in total. The van der Waals surface area contributed by atoms with Crippen molar-refractivity contribution in [2.45, 2.75) is 6.42 Å². The second kappa shape index (κ2) is 9.32. The molecule has 2 aromatic carbocycles. The predicted octanol–water partition coefficient (Wildman–Crippen LogP) is 3.23. The van der Waals surface area contributed by atoms with Crippen LogP contribution in [0.1, 0.15) is 22.3 Å². The molecule has 1 N–H and O–H groups in total. The first kappa shape index (κ1) is 19.8. The van der Waals surface area contributed by atoms with Gasteiger partial charge in [0.2, 0.25) is 0 Å². The second-order valence-corrected chi connectivity index (χ2v) is 6.15. The Labute approximate surface area is 166 Å². The molecule has 0 saturated heterocycles. The summed E-state index contributed by atoms with van der Waals surface area (Å²) in [6.45, 7) is 0.650. The standard InChI is InChI=1S/C21H19N3O5/c25-21(16-6-2-1-3-7-16)17-8-4-9-19(14-17)29-13-5-11-22-20-15-18(24(27)28)10-12-23(20)26/h1-4,6-10,12,14-15,26H,5,11,13H2. The van der Waals surface area contributed by atoms with E-state index in [0.29, 0.717) is 36.4 Å². The number of pyridine rings is 1. The van der Waals surface area contributed by atoms with Gasteiger partial charge in [0, 0.05) is 30.2 Å². The normalized spacial score (nSPS) is 11.2. The molecule has 0 spiro atoms. The van der Waals surface area contributed by atoms with E-state index in [1.54, 1.807) is 36.4 Å². The van der Waals surface area contributed by atoms with Crippen LogP contribution in [-0.2, 0) is 0 Å². The number of nitro groups is 1. The molecule has 0 atom stereocenters. The fraction of sp³-hybridized carbons (Fsp3) is 0.143. The third-order valence-electron chi connectivity index (χ3n) is 4.09. The molecular formula is C21H19N3O5. The molecule has 0 aliphatic rings. The maximum absolute atomic E-state index is 12.5. The van der Waals surface area contributed by atoms with Gasteiger partial charge in [-0.25, -0.2) is 0 Å². The molecule has 0 bridgehead atoms. The van der Waals surface area contributed by atoms with Gasteiger partial charge in [0.1, 0.15) is 5.75 Å². The minimum absolute atomic E-state index is 0.0794. The quantitative estimate of drug-likeness (QED) is 0.208. The first-order valence-electron chi connectivity index (χ1n) is 8.94. The van der Waals surface area contributed by atoms with Crippen LogP contribution in [0.4, 0.5) is 5.69 Å². The van der Waals surface area contributed by atoms with Gasteiger partial charge in [-0.05, 0) is 12.1 Å². The largest absolute Gasteiger partial charge is 0.494 e. The minimum atomic E-state index is -0.550. The molecule has 0 unspecified atom stereocenters. The van der Waals surface area contributed by atoms with Gasteiger partial charge in [-0.1, -0.05) is 42.5 Å². The van der Waals surface area contributed by atoms with Gasteiger partial charge in [0.25, 0.3) is 5.69 Å². The van der Waals surface area contributed by atoms with Crippen LogP contribution in [0, 0.1) is 10.1 Å². The summed E-state index contributed by atoms with van der Waals surface area (Å²) in [4.78, 5) is 26.9. The van der Waals surface area contributed by atoms with Gasteiger partial charge in [-0.3, -0.25) is 19.9 Å². The molecule has 0 amide bonds. The van der Waals surface area contributed by atoms with Crippen molar-refractivity contribution in [1.29, 1.82) is 0 Å². The Balaban J connectivity index is 1.57. The molecule has 1 heterocycles. The minimum Gasteiger partial charge on any atom is -0.494 e. The van der Waals surface area contributed by atoms with Crippen LogP contribution >= 0.6 is 0 Å². The van der Waals surface area contributed by atoms with Gasteiger partial charge in [0.05, 0.1) is 23.8 Å². The van der Waals surface area contributed by atoms with Crippen molar-refractivity contribution in [2.75, 3.05) is 13.2 Å². The average molecular weight is 393 g/mol. The Kier molecular flexibility index (Phi) is 6.36. The van der Waals surface area contributed by atoms with E-state index in [0.717, 1.165) is 4.73 Å². The Morgan fingerprint density at radius 1 is 1.07 bits per heavy atom. The van der Waals surface area contributed by atoms with Crippen LogP contribution in [0.15, 0.2) is 77.9 Å². The summed E-state index contributed by atoms with van der Waals surface area (Å²) < 4.78 is 6.40. The lowest BCUT2D eigenvalue weighted by molar-refractivity contribution is -0.385. The summed E-state index contributed by atoms with van der Waals surface area (Å²) in [5, 5.41) is 20.5. The Morgan fingerprint density at radius 2 is 1.83 bits per heavy atom. The lowest BCUT2D eigenvalue weighted by Gasteiger charge is -2.07. The van der Waals surface area contributed by atoms with Crippen molar-refractivity contribution in [3.05, 3.63) is 99.7 Å². The number of hydrogen-bond acceptors (Lipinski definition) is 6. The molecule has 0 fully saturated rings. The van der Waals surface area contributed by atoms with Gasteiger partial charge >= 0.3 is 0 Å². The summed E-state index contributed by atoms with van der Waals surface area (Å²) in [7, 11) is 0. The van der Waals surface area contributed by atoms with Crippen molar-refractivity contribution >= 4 is 11.5 Å². The highest BCUT2D eigenvalue weighted by atomic mass is 16.6. The Hall–Kier alpha value is -3.94. The number of benzene rings is 2. The second-order valence-electron chi connectivity index (χ2n) is 6.15. The topological polar surface area (TPSA) is 107 Å². The number of ketones is 1. The molecule has 148 valence electrons. The van der Waals surface area contributed by atoms with E-state index in [-0.39, 0.29) is 17.0 Å². The maximum Gasteiger partial charge on any atom is 0.274 e. The summed E-state index contributed by atoms with van der Waals surface area (Å²) >= 11 is 0. The van der Waals surface area contributed by atoms with Crippen LogP contribution < -0.4 is 10.2 Å². The van der Waals surface area contributed by atoms with E-state index in [9.17, 15) is 20.1 Å². The number of nitrogens with zero attached hydrogens (tertiary/aromatic N) is 3. The molecule has 0 aliphatic heterocycles. The van der Waals surface area contributed by atoms with E-state index in [4.69, 9.17) is 4.74 Å². The summed E-state index contributed by atoms with van der Waals surface area (Å²) in [6.07, 6.45) is 1.70. The number of hydrogen-bond donors (Lipinski definition) is 1. The Bertz CT molecular complexity index is 1080. The highest BCUT2D eigenvalue weighted by Gasteiger charge is 2.09. The zero-order valence-electron chi connectivity index (χ0n) is 15.5. The highest BCUT2D eigenvalue weighted by molar-refractivity contribution is 6.09. The summed E-state index contributed by atoms with van der Waals surface area (Å²) in [5.41, 5.74) is 1.09. The molecule has 0 saturated carbocycles. The zero-order chi connectivity index (χ0) is 20.6. The van der Waals surface area contributed by atoms with Crippen LogP contribution in [-0.4, -0.2) is 33.8 Å². The van der Waals surface area contributed by atoms with E-state index in [1.165, 1.54) is 18.3 Å². The van der Waals surface area contributed by atoms with Gasteiger partial charge in [-0.15, -0.1) is 0 Å². The highest BCUT2D eigenvalue weighted by Crippen LogP contribution is 2.17. The lowest BCUT2D eigenvalue weighted by Crippen LogP contribution is -2.19. The molecule has 3 rings (SSSR count). The number of ether oxygens (including phenoxy) is 1. The average Bonchev–Trinajstić information content (AvgIpc) is 2.75. The first-order valence-corrected chi connectivity index (χ1v) is 8.94.